The van der Waals surface area contributed by atoms with Crippen molar-refractivity contribution in [3.05, 3.63) is 70.5 Å². The molecule has 1 amide bonds. The average molecular weight is 389 g/mol. The van der Waals surface area contributed by atoms with Crippen LogP contribution < -0.4 is 10.6 Å². The molecule has 0 aliphatic carbocycles. The summed E-state index contributed by atoms with van der Waals surface area (Å²) in [5.41, 5.74) is 0.517. The molecule has 3 nitrogen and oxygen atoms in total. The summed E-state index contributed by atoms with van der Waals surface area (Å²) in [7, 11) is 0. The highest BCUT2D eigenvalue weighted by molar-refractivity contribution is 5.94. The van der Waals surface area contributed by atoms with Crippen molar-refractivity contribution in [3.8, 4) is 0 Å². The van der Waals surface area contributed by atoms with Gasteiger partial charge < -0.3 is 10.6 Å². The molecule has 8 heteroatoms. The van der Waals surface area contributed by atoms with Gasteiger partial charge in [0.05, 0.1) is 11.1 Å². The molecule has 0 spiro atoms. The average Bonchev–Trinajstić information content (AvgIpc) is 2.59. The SMILES string of the molecule is Cl.O=C(NCC1NCCc2ccccc21)c1cc(C(F)(F)F)ccc1F. The van der Waals surface area contributed by atoms with Crippen molar-refractivity contribution in [1.29, 1.82) is 0 Å². The zero-order chi connectivity index (χ0) is 18.0. The maximum atomic E-state index is 13.8. The van der Waals surface area contributed by atoms with Gasteiger partial charge in [-0.15, -0.1) is 12.4 Å². The van der Waals surface area contributed by atoms with E-state index in [-0.39, 0.29) is 25.0 Å². The van der Waals surface area contributed by atoms with E-state index >= 15 is 0 Å². The van der Waals surface area contributed by atoms with Crippen LogP contribution in [0.2, 0.25) is 0 Å². The predicted molar refractivity (Wildman–Crippen MR) is 91.9 cm³/mol. The number of hydrogen-bond donors (Lipinski definition) is 2. The van der Waals surface area contributed by atoms with Crippen LogP contribution in [0.4, 0.5) is 17.6 Å². The van der Waals surface area contributed by atoms with Gasteiger partial charge in [-0.25, -0.2) is 4.39 Å². The Hall–Kier alpha value is -2.12. The lowest BCUT2D eigenvalue weighted by Crippen LogP contribution is -2.39. The Bertz CT molecular complexity index is 795. The molecule has 3 rings (SSSR count). The van der Waals surface area contributed by atoms with Crippen LogP contribution in [0.25, 0.3) is 0 Å². The second kappa shape index (κ2) is 8.05. The van der Waals surface area contributed by atoms with Crippen LogP contribution in [0.1, 0.15) is 33.1 Å². The minimum Gasteiger partial charge on any atom is -0.350 e. The first-order valence-electron chi connectivity index (χ1n) is 7.82. The van der Waals surface area contributed by atoms with Gasteiger partial charge in [0.25, 0.3) is 5.91 Å². The molecule has 0 aromatic heterocycles. The van der Waals surface area contributed by atoms with Gasteiger partial charge in [-0.3, -0.25) is 4.79 Å². The number of carbonyl (C=O) groups excluding carboxylic acids is 1. The Balaban J connectivity index is 0.00000243. The number of hydrogen-bond acceptors (Lipinski definition) is 2. The molecule has 1 aliphatic heterocycles. The number of alkyl halides is 3. The van der Waals surface area contributed by atoms with Crippen LogP contribution in [0, 0.1) is 5.82 Å². The Morgan fingerprint density at radius 2 is 1.92 bits per heavy atom. The molecule has 0 fully saturated rings. The van der Waals surface area contributed by atoms with E-state index in [2.05, 4.69) is 10.6 Å². The number of rotatable bonds is 3. The Morgan fingerprint density at radius 3 is 2.65 bits per heavy atom. The van der Waals surface area contributed by atoms with Crippen LogP contribution in [0.3, 0.4) is 0 Å². The fourth-order valence-electron chi connectivity index (χ4n) is 2.94. The second-order valence-corrected chi connectivity index (χ2v) is 5.86. The lowest BCUT2D eigenvalue weighted by Gasteiger charge is -2.27. The van der Waals surface area contributed by atoms with E-state index in [1.165, 1.54) is 0 Å². The minimum absolute atomic E-state index is 0. The van der Waals surface area contributed by atoms with Crippen molar-refractivity contribution < 1.29 is 22.4 Å². The maximum Gasteiger partial charge on any atom is 0.416 e. The highest BCUT2D eigenvalue weighted by atomic mass is 35.5. The molecule has 2 N–H and O–H groups in total. The molecule has 1 atom stereocenters. The van der Waals surface area contributed by atoms with Gasteiger partial charge in [0, 0.05) is 12.6 Å². The highest BCUT2D eigenvalue weighted by Crippen LogP contribution is 2.30. The Morgan fingerprint density at radius 1 is 1.19 bits per heavy atom. The first-order valence-corrected chi connectivity index (χ1v) is 7.82. The summed E-state index contributed by atoms with van der Waals surface area (Å²) in [4.78, 5) is 12.2. The van der Waals surface area contributed by atoms with Gasteiger partial charge in [0.2, 0.25) is 0 Å². The molecule has 0 saturated carbocycles. The standard InChI is InChI=1S/C18H16F4N2O.ClH/c19-15-6-5-12(18(20,21)22)9-14(15)17(25)24-10-16-13-4-2-1-3-11(13)7-8-23-16;/h1-6,9,16,23H,7-8,10H2,(H,24,25);1H. The molecule has 2 aromatic carbocycles. The number of fused-ring (bicyclic) bond motifs is 1. The molecule has 0 radical (unpaired) electrons. The number of halogens is 5. The Labute approximate surface area is 154 Å². The molecule has 0 bridgehead atoms. The zero-order valence-electron chi connectivity index (χ0n) is 13.6. The summed E-state index contributed by atoms with van der Waals surface area (Å²) < 4.78 is 52.0. The topological polar surface area (TPSA) is 41.1 Å². The number of carbonyl (C=O) groups is 1. The summed E-state index contributed by atoms with van der Waals surface area (Å²) in [5, 5.41) is 5.76. The molecule has 1 heterocycles. The van der Waals surface area contributed by atoms with Crippen molar-refractivity contribution in [3.63, 3.8) is 0 Å². The number of amides is 1. The normalized spacial score (nSPS) is 16.4. The van der Waals surface area contributed by atoms with E-state index in [0.29, 0.717) is 18.2 Å². The highest BCUT2D eigenvalue weighted by Gasteiger charge is 2.32. The van der Waals surface area contributed by atoms with E-state index in [0.717, 1.165) is 24.1 Å². The van der Waals surface area contributed by atoms with Crippen molar-refractivity contribution in [2.24, 2.45) is 0 Å². The van der Waals surface area contributed by atoms with Gasteiger partial charge in [0.1, 0.15) is 5.82 Å². The Kier molecular flexibility index (Phi) is 6.26. The molecular formula is C18H17ClF4N2O. The molecule has 2 aromatic rings. The molecule has 26 heavy (non-hydrogen) atoms. The maximum absolute atomic E-state index is 13.8. The zero-order valence-corrected chi connectivity index (χ0v) is 14.4. The summed E-state index contributed by atoms with van der Waals surface area (Å²) in [6.45, 7) is 0.890. The van der Waals surface area contributed by atoms with Crippen LogP contribution in [0.5, 0.6) is 0 Å². The molecule has 140 valence electrons. The van der Waals surface area contributed by atoms with Gasteiger partial charge in [-0.2, -0.15) is 13.2 Å². The van der Waals surface area contributed by atoms with Crippen LogP contribution >= 0.6 is 12.4 Å². The van der Waals surface area contributed by atoms with Crippen molar-refractivity contribution in [2.45, 2.75) is 18.6 Å². The summed E-state index contributed by atoms with van der Waals surface area (Å²) in [5.74, 6) is -1.85. The third-order valence-corrected chi connectivity index (χ3v) is 4.22. The van der Waals surface area contributed by atoms with Crippen molar-refractivity contribution >= 4 is 18.3 Å². The second-order valence-electron chi connectivity index (χ2n) is 5.86. The lowest BCUT2D eigenvalue weighted by atomic mass is 9.94. The van der Waals surface area contributed by atoms with E-state index in [9.17, 15) is 22.4 Å². The molecule has 1 unspecified atom stereocenters. The smallest absolute Gasteiger partial charge is 0.350 e. The third-order valence-electron chi connectivity index (χ3n) is 4.22. The van der Waals surface area contributed by atoms with E-state index in [1.54, 1.807) is 0 Å². The van der Waals surface area contributed by atoms with Gasteiger partial charge in [-0.05, 0) is 42.3 Å². The van der Waals surface area contributed by atoms with Crippen molar-refractivity contribution in [1.82, 2.24) is 10.6 Å². The minimum atomic E-state index is -4.63. The lowest BCUT2D eigenvalue weighted by molar-refractivity contribution is -0.137. The largest absolute Gasteiger partial charge is 0.416 e. The van der Waals surface area contributed by atoms with Crippen molar-refractivity contribution in [2.75, 3.05) is 13.1 Å². The van der Waals surface area contributed by atoms with E-state index < -0.39 is 29.0 Å². The van der Waals surface area contributed by atoms with E-state index in [4.69, 9.17) is 0 Å². The molecule has 0 saturated heterocycles. The van der Waals surface area contributed by atoms with Gasteiger partial charge in [-0.1, -0.05) is 24.3 Å². The monoisotopic (exact) mass is 388 g/mol. The van der Waals surface area contributed by atoms with Gasteiger partial charge in [0.15, 0.2) is 0 Å². The third kappa shape index (κ3) is 4.34. The summed E-state index contributed by atoms with van der Waals surface area (Å²) >= 11 is 0. The first-order chi connectivity index (χ1) is 11.9. The number of nitrogens with one attached hydrogen (secondary N) is 2. The molecule has 1 aliphatic rings. The predicted octanol–water partition coefficient (Wildman–Crippen LogP) is 3.88. The summed E-state index contributed by atoms with van der Waals surface area (Å²) in [6, 6.07) is 9.39. The van der Waals surface area contributed by atoms with E-state index in [1.807, 2.05) is 24.3 Å². The fourth-order valence-corrected chi connectivity index (χ4v) is 2.94. The summed E-state index contributed by atoms with van der Waals surface area (Å²) in [6.07, 6.45) is -3.77. The molecular weight excluding hydrogens is 372 g/mol. The van der Waals surface area contributed by atoms with Crippen LogP contribution in [-0.4, -0.2) is 19.0 Å². The first kappa shape index (κ1) is 20.2. The number of benzene rings is 2. The van der Waals surface area contributed by atoms with Crippen LogP contribution in [-0.2, 0) is 12.6 Å². The van der Waals surface area contributed by atoms with Crippen LogP contribution in [0.15, 0.2) is 42.5 Å². The quantitative estimate of drug-likeness (QED) is 0.783. The fraction of sp³-hybridized carbons (Fsp3) is 0.278. The van der Waals surface area contributed by atoms with Gasteiger partial charge >= 0.3 is 6.18 Å².